The van der Waals surface area contributed by atoms with E-state index in [1.54, 1.807) is 0 Å². The molecule has 1 fully saturated rings. The van der Waals surface area contributed by atoms with Gasteiger partial charge in [0.25, 0.3) is 45.9 Å². The number of aromatic nitrogens is 4. The van der Waals surface area contributed by atoms with Crippen LogP contribution in [0.4, 0.5) is 0 Å². The highest BCUT2D eigenvalue weighted by molar-refractivity contribution is 5.95. The number of pyridine rings is 4. The summed E-state index contributed by atoms with van der Waals surface area (Å²) in [5.74, 6) is -3.57. The van der Waals surface area contributed by atoms with Gasteiger partial charge in [-0.3, -0.25) is 38.4 Å². The van der Waals surface area contributed by atoms with Crippen molar-refractivity contribution in [2.24, 2.45) is 0 Å². The van der Waals surface area contributed by atoms with Crippen molar-refractivity contribution >= 4 is 23.6 Å². The largest absolute Gasteiger partial charge is 0.425 e. The third-order valence-corrected chi connectivity index (χ3v) is 8.30. The molecule has 4 aromatic heterocycles. The molecule has 0 aromatic carbocycles. The van der Waals surface area contributed by atoms with Crippen molar-refractivity contribution in [1.29, 1.82) is 0 Å². The molecule has 0 radical (unpaired) electrons. The Balaban J connectivity index is 1.57. The first-order chi connectivity index (χ1) is 24.8. The maximum Gasteiger partial charge on any atom is 0.283 e. The van der Waals surface area contributed by atoms with E-state index >= 15 is 0 Å². The van der Waals surface area contributed by atoms with Crippen molar-refractivity contribution in [3.05, 3.63) is 137 Å². The molecule has 0 bridgehead atoms. The highest BCUT2D eigenvalue weighted by atomic mass is 16.5. The van der Waals surface area contributed by atoms with Crippen molar-refractivity contribution in [3.63, 3.8) is 0 Å². The second-order valence-corrected chi connectivity index (χ2v) is 11.4. The second-order valence-electron chi connectivity index (χ2n) is 11.4. The Morgan fingerprint density at radius 2 is 0.519 bits per heavy atom. The number of carbonyl (C=O) groups is 4. The fraction of sp³-hybridized carbons (Fsp3) is 0.250. The molecule has 0 saturated carbocycles. The van der Waals surface area contributed by atoms with Crippen LogP contribution < -0.4 is 22.2 Å². The Labute approximate surface area is 291 Å². The lowest BCUT2D eigenvalue weighted by Gasteiger charge is -2.34. The Morgan fingerprint density at radius 3 is 0.692 bits per heavy atom. The first-order valence-corrected chi connectivity index (χ1v) is 15.6. The summed E-state index contributed by atoms with van der Waals surface area (Å²) < 4.78 is 0.504. The van der Waals surface area contributed by atoms with Crippen LogP contribution >= 0.6 is 0 Å². The molecule has 4 amide bonds. The van der Waals surface area contributed by atoms with Gasteiger partial charge in [0.1, 0.15) is 22.8 Å². The summed E-state index contributed by atoms with van der Waals surface area (Å²) in [4.78, 5) is 108. The van der Waals surface area contributed by atoms with Crippen LogP contribution in [0.5, 0.6) is 0 Å². The predicted molar refractivity (Wildman–Crippen MR) is 175 cm³/mol. The summed E-state index contributed by atoms with van der Waals surface area (Å²) >= 11 is 0. The Bertz CT molecular complexity index is 1940. The summed E-state index contributed by atoms with van der Waals surface area (Å²) in [6, 6.07) is 13.7. The van der Waals surface area contributed by atoms with Gasteiger partial charge in [-0.25, -0.2) is 0 Å². The standard InChI is InChI=1S/C32H32N8O12/c41-25-9-1-5-21(37(25)49)29(45)33-13-15-34(30(46)22-6-2-10-26(42)38(22)50)17-19-36(32(48)24-8-4-12-28(44)40(24)52)20-18-35(16-14-33)31(47)23-7-3-11-27(43)39(23)51/h1-12,49-52H,13-20H2. The quantitative estimate of drug-likeness (QED) is 0.170. The Kier molecular flexibility index (Phi) is 10.6. The zero-order chi connectivity index (χ0) is 37.7. The lowest BCUT2D eigenvalue weighted by molar-refractivity contribution is 0.0477. The van der Waals surface area contributed by atoms with E-state index in [2.05, 4.69) is 0 Å². The zero-order valence-electron chi connectivity index (χ0n) is 27.2. The van der Waals surface area contributed by atoms with E-state index < -0.39 is 68.6 Å². The molecule has 0 atom stereocenters. The third kappa shape index (κ3) is 7.39. The number of amides is 4. The molecule has 0 unspecified atom stereocenters. The van der Waals surface area contributed by atoms with Gasteiger partial charge in [-0.15, -0.1) is 18.9 Å². The van der Waals surface area contributed by atoms with Gasteiger partial charge >= 0.3 is 0 Å². The predicted octanol–water partition coefficient (Wildman–Crippen LogP) is -1.83. The number of carbonyl (C=O) groups excluding carboxylic acids is 4. The van der Waals surface area contributed by atoms with E-state index in [0.717, 1.165) is 43.9 Å². The molecular weight excluding hydrogens is 688 g/mol. The first kappa shape index (κ1) is 36.2. The van der Waals surface area contributed by atoms with Crippen molar-refractivity contribution in [3.8, 4) is 0 Å². The molecule has 52 heavy (non-hydrogen) atoms. The minimum atomic E-state index is -0.916. The van der Waals surface area contributed by atoms with Gasteiger partial charge in [0.15, 0.2) is 0 Å². The van der Waals surface area contributed by atoms with Crippen LogP contribution in [0.2, 0.25) is 0 Å². The van der Waals surface area contributed by atoms with E-state index in [1.807, 2.05) is 0 Å². The summed E-state index contributed by atoms with van der Waals surface area (Å²) in [5, 5.41) is 41.4. The fourth-order valence-electron chi connectivity index (χ4n) is 5.45. The van der Waals surface area contributed by atoms with E-state index in [9.17, 15) is 59.2 Å². The van der Waals surface area contributed by atoms with Gasteiger partial charge in [-0.05, 0) is 24.3 Å². The average molecular weight is 721 g/mol. The highest BCUT2D eigenvalue weighted by Crippen LogP contribution is 2.12. The van der Waals surface area contributed by atoms with Gasteiger partial charge in [0.2, 0.25) is 0 Å². The monoisotopic (exact) mass is 720 g/mol. The van der Waals surface area contributed by atoms with Crippen molar-refractivity contribution in [2.45, 2.75) is 0 Å². The topological polar surface area (TPSA) is 250 Å². The van der Waals surface area contributed by atoms with E-state index in [4.69, 9.17) is 0 Å². The number of hydrogen-bond donors (Lipinski definition) is 4. The van der Waals surface area contributed by atoms with Crippen LogP contribution in [-0.4, -0.2) is 135 Å². The van der Waals surface area contributed by atoms with Crippen LogP contribution in [0.15, 0.2) is 92.0 Å². The highest BCUT2D eigenvalue weighted by Gasteiger charge is 2.30. The van der Waals surface area contributed by atoms with Gasteiger partial charge in [-0.1, -0.05) is 24.3 Å². The summed E-state index contributed by atoms with van der Waals surface area (Å²) in [6.45, 7) is -2.58. The van der Waals surface area contributed by atoms with Crippen molar-refractivity contribution in [1.82, 2.24) is 38.5 Å². The maximum atomic E-state index is 13.8. The lowest BCUT2D eigenvalue weighted by Crippen LogP contribution is -2.51. The number of rotatable bonds is 4. The molecule has 5 heterocycles. The summed E-state index contributed by atoms with van der Waals surface area (Å²) in [5.41, 5.74) is -5.48. The molecular formula is C32H32N8O12. The number of nitrogens with zero attached hydrogens (tertiary/aromatic N) is 8. The normalized spacial score (nSPS) is 14.3. The molecule has 272 valence electrons. The van der Waals surface area contributed by atoms with Crippen LogP contribution in [0.3, 0.4) is 0 Å². The molecule has 5 rings (SSSR count). The lowest BCUT2D eigenvalue weighted by atomic mass is 10.2. The van der Waals surface area contributed by atoms with Crippen LogP contribution in [0, 0.1) is 0 Å². The molecule has 20 heteroatoms. The molecule has 0 spiro atoms. The smallest absolute Gasteiger partial charge is 0.283 e. The van der Waals surface area contributed by atoms with Gasteiger partial charge in [0, 0.05) is 76.6 Å². The molecule has 20 nitrogen and oxygen atoms in total. The molecule has 4 N–H and O–H groups in total. The van der Waals surface area contributed by atoms with Gasteiger partial charge in [-0.2, -0.15) is 0 Å². The molecule has 1 aliphatic rings. The van der Waals surface area contributed by atoms with Gasteiger partial charge < -0.3 is 40.4 Å². The van der Waals surface area contributed by atoms with Crippen LogP contribution in [-0.2, 0) is 0 Å². The zero-order valence-corrected chi connectivity index (χ0v) is 27.2. The maximum absolute atomic E-state index is 13.8. The number of hydrogen-bond acceptors (Lipinski definition) is 12. The molecule has 1 aliphatic heterocycles. The second kappa shape index (κ2) is 15.2. The van der Waals surface area contributed by atoms with E-state index in [1.165, 1.54) is 48.5 Å². The van der Waals surface area contributed by atoms with Crippen molar-refractivity contribution < 1.29 is 40.0 Å². The first-order valence-electron chi connectivity index (χ1n) is 15.6. The van der Waals surface area contributed by atoms with Crippen LogP contribution in [0.25, 0.3) is 0 Å². The molecule has 1 saturated heterocycles. The third-order valence-electron chi connectivity index (χ3n) is 8.30. The minimum Gasteiger partial charge on any atom is -0.425 e. The molecule has 0 aliphatic carbocycles. The summed E-state index contributed by atoms with van der Waals surface area (Å²) in [6.07, 6.45) is 0. The Hall–Kier alpha value is -7.12. The Morgan fingerprint density at radius 1 is 0.346 bits per heavy atom. The van der Waals surface area contributed by atoms with Crippen molar-refractivity contribution in [2.75, 3.05) is 52.4 Å². The molecule has 4 aromatic rings. The van der Waals surface area contributed by atoms with E-state index in [-0.39, 0.29) is 71.3 Å². The SMILES string of the molecule is O=C(c1cccc(=O)n1O)N1CCN(C(=O)c2cccc(=O)n2O)CCN(C(=O)c2cccc(=O)n2O)CCN(C(=O)c2cccc(=O)n2O)CC1. The van der Waals surface area contributed by atoms with Gasteiger partial charge in [0.05, 0.1) is 0 Å². The summed E-state index contributed by atoms with van der Waals surface area (Å²) in [7, 11) is 0. The van der Waals surface area contributed by atoms with E-state index in [0.29, 0.717) is 0 Å². The minimum absolute atomic E-state index is 0.126. The van der Waals surface area contributed by atoms with Crippen LogP contribution in [0.1, 0.15) is 42.0 Å². The average Bonchev–Trinajstić information content (AvgIpc) is 3.12. The fourth-order valence-corrected chi connectivity index (χ4v) is 5.45.